The van der Waals surface area contributed by atoms with E-state index in [9.17, 15) is 4.79 Å². The number of methoxy groups -OCH3 is 1. The molecule has 0 aliphatic rings. The molecule has 2 N–H and O–H groups in total. The number of amides is 1. The van der Waals surface area contributed by atoms with Crippen LogP contribution in [-0.2, 0) is 6.61 Å². The van der Waals surface area contributed by atoms with Crippen LogP contribution in [0.2, 0.25) is 0 Å². The van der Waals surface area contributed by atoms with Crippen molar-refractivity contribution in [2.75, 3.05) is 7.11 Å². The molecule has 1 heterocycles. The zero-order chi connectivity index (χ0) is 14.5. The molecule has 20 heavy (non-hydrogen) atoms. The van der Waals surface area contributed by atoms with Gasteiger partial charge in [0.1, 0.15) is 6.61 Å². The van der Waals surface area contributed by atoms with Crippen LogP contribution in [0, 0.1) is 0 Å². The van der Waals surface area contributed by atoms with Gasteiger partial charge in [-0.25, -0.2) is 0 Å². The molecule has 6 heteroatoms. The minimum atomic E-state index is -0.525. The molecular formula is C14H13BrN2O3. The first-order valence-electron chi connectivity index (χ1n) is 5.81. The second kappa shape index (κ2) is 6.38. The lowest BCUT2D eigenvalue weighted by Crippen LogP contribution is -2.11. The number of carbonyl (C=O) groups is 1. The summed E-state index contributed by atoms with van der Waals surface area (Å²) in [6, 6.07) is 6.89. The maximum atomic E-state index is 11.2. The molecular weight excluding hydrogens is 324 g/mol. The van der Waals surface area contributed by atoms with Gasteiger partial charge in [0, 0.05) is 23.5 Å². The highest BCUT2D eigenvalue weighted by Crippen LogP contribution is 2.37. The maximum Gasteiger partial charge on any atom is 0.248 e. The van der Waals surface area contributed by atoms with Gasteiger partial charge in [-0.1, -0.05) is 6.07 Å². The molecule has 2 rings (SSSR count). The number of primary amides is 1. The topological polar surface area (TPSA) is 74.4 Å². The van der Waals surface area contributed by atoms with Crippen molar-refractivity contribution in [3.8, 4) is 11.5 Å². The van der Waals surface area contributed by atoms with Crippen LogP contribution in [0.25, 0.3) is 0 Å². The van der Waals surface area contributed by atoms with Crippen molar-refractivity contribution in [1.29, 1.82) is 0 Å². The van der Waals surface area contributed by atoms with Crippen molar-refractivity contribution in [3.05, 3.63) is 52.3 Å². The third-order valence-corrected chi connectivity index (χ3v) is 3.21. The van der Waals surface area contributed by atoms with E-state index in [1.165, 1.54) is 7.11 Å². The van der Waals surface area contributed by atoms with Gasteiger partial charge in [-0.2, -0.15) is 0 Å². The fourth-order valence-corrected chi connectivity index (χ4v) is 2.20. The number of nitrogens with zero attached hydrogens (tertiary/aromatic N) is 1. The number of hydrogen-bond donors (Lipinski definition) is 1. The zero-order valence-electron chi connectivity index (χ0n) is 10.8. The molecule has 0 atom stereocenters. The number of carbonyl (C=O) groups excluding carboxylic acids is 1. The van der Waals surface area contributed by atoms with E-state index in [-0.39, 0.29) is 0 Å². The molecule has 104 valence electrons. The average Bonchev–Trinajstić information content (AvgIpc) is 2.46. The summed E-state index contributed by atoms with van der Waals surface area (Å²) in [5, 5.41) is 0. The van der Waals surface area contributed by atoms with Crippen molar-refractivity contribution < 1.29 is 14.3 Å². The highest BCUT2D eigenvalue weighted by Gasteiger charge is 2.14. The van der Waals surface area contributed by atoms with Gasteiger partial charge in [-0.3, -0.25) is 9.78 Å². The number of benzene rings is 1. The van der Waals surface area contributed by atoms with Crippen LogP contribution < -0.4 is 15.2 Å². The third-order valence-electron chi connectivity index (χ3n) is 2.62. The molecule has 1 aromatic carbocycles. The van der Waals surface area contributed by atoms with E-state index in [2.05, 4.69) is 20.9 Å². The summed E-state index contributed by atoms with van der Waals surface area (Å²) in [4.78, 5) is 15.2. The molecule has 0 aliphatic heterocycles. The molecule has 5 nitrogen and oxygen atoms in total. The van der Waals surface area contributed by atoms with E-state index in [0.717, 1.165) is 5.56 Å². The smallest absolute Gasteiger partial charge is 0.248 e. The fraction of sp³-hybridized carbons (Fsp3) is 0.143. The lowest BCUT2D eigenvalue weighted by atomic mass is 10.2. The largest absolute Gasteiger partial charge is 0.493 e. The van der Waals surface area contributed by atoms with E-state index in [1.54, 1.807) is 24.5 Å². The minimum Gasteiger partial charge on any atom is -0.493 e. The quantitative estimate of drug-likeness (QED) is 0.910. The highest BCUT2D eigenvalue weighted by molar-refractivity contribution is 9.10. The molecule has 0 radical (unpaired) electrons. The summed E-state index contributed by atoms with van der Waals surface area (Å²) in [7, 11) is 1.50. The van der Waals surface area contributed by atoms with Crippen LogP contribution in [0.1, 0.15) is 15.9 Å². The molecule has 0 saturated heterocycles. The van der Waals surface area contributed by atoms with Crippen molar-refractivity contribution in [2.24, 2.45) is 5.73 Å². The van der Waals surface area contributed by atoms with E-state index < -0.39 is 5.91 Å². The van der Waals surface area contributed by atoms with Gasteiger partial charge in [-0.05, 0) is 34.1 Å². The minimum absolute atomic E-state index is 0.346. The molecule has 1 aromatic heterocycles. The molecule has 0 saturated carbocycles. The van der Waals surface area contributed by atoms with Crippen molar-refractivity contribution in [3.63, 3.8) is 0 Å². The van der Waals surface area contributed by atoms with Gasteiger partial charge < -0.3 is 15.2 Å². The van der Waals surface area contributed by atoms with E-state index in [4.69, 9.17) is 15.2 Å². The number of rotatable bonds is 5. The Bertz CT molecular complexity index is 617. The number of ether oxygens (including phenoxy) is 2. The maximum absolute atomic E-state index is 11.2. The lowest BCUT2D eigenvalue weighted by molar-refractivity contribution is 0.1000. The second-order valence-corrected chi connectivity index (χ2v) is 4.86. The van der Waals surface area contributed by atoms with Gasteiger partial charge in [0.2, 0.25) is 5.91 Å². The van der Waals surface area contributed by atoms with Crippen molar-refractivity contribution in [2.45, 2.75) is 6.61 Å². The Hall–Kier alpha value is -2.08. The molecule has 0 fully saturated rings. The monoisotopic (exact) mass is 336 g/mol. The summed E-state index contributed by atoms with van der Waals surface area (Å²) in [6.07, 6.45) is 3.42. The first-order chi connectivity index (χ1) is 9.61. The molecule has 0 bridgehead atoms. The second-order valence-electron chi connectivity index (χ2n) is 4.00. The number of aromatic nitrogens is 1. The van der Waals surface area contributed by atoms with E-state index in [0.29, 0.717) is 28.1 Å². The number of pyridine rings is 1. The summed E-state index contributed by atoms with van der Waals surface area (Å²) >= 11 is 3.35. The van der Waals surface area contributed by atoms with Gasteiger partial charge >= 0.3 is 0 Å². The predicted molar refractivity (Wildman–Crippen MR) is 77.8 cm³/mol. The molecule has 0 unspecified atom stereocenters. The number of halogens is 1. The van der Waals surface area contributed by atoms with Crippen LogP contribution >= 0.6 is 15.9 Å². The van der Waals surface area contributed by atoms with Crippen LogP contribution in [-0.4, -0.2) is 18.0 Å². The number of hydrogen-bond acceptors (Lipinski definition) is 4. The molecule has 0 spiro atoms. The Morgan fingerprint density at radius 3 is 2.85 bits per heavy atom. The normalized spacial score (nSPS) is 10.1. The van der Waals surface area contributed by atoms with Gasteiger partial charge in [-0.15, -0.1) is 0 Å². The number of nitrogens with two attached hydrogens (primary N) is 1. The van der Waals surface area contributed by atoms with E-state index in [1.807, 2.05) is 12.1 Å². The van der Waals surface area contributed by atoms with Crippen LogP contribution in [0.5, 0.6) is 11.5 Å². The zero-order valence-corrected chi connectivity index (χ0v) is 12.4. The van der Waals surface area contributed by atoms with Gasteiger partial charge in [0.15, 0.2) is 11.5 Å². The Balaban J connectivity index is 2.25. The Kier molecular flexibility index (Phi) is 4.57. The fourth-order valence-electron chi connectivity index (χ4n) is 1.64. The first kappa shape index (κ1) is 14.3. The first-order valence-corrected chi connectivity index (χ1v) is 6.60. The summed E-state index contributed by atoms with van der Waals surface area (Å²) < 4.78 is 11.5. The van der Waals surface area contributed by atoms with Gasteiger partial charge in [0.05, 0.1) is 11.6 Å². The van der Waals surface area contributed by atoms with Gasteiger partial charge in [0.25, 0.3) is 0 Å². The standard InChI is InChI=1S/C14H13BrN2O3/c1-19-12-6-10(14(16)18)5-11(15)13(12)20-8-9-3-2-4-17-7-9/h2-7H,8H2,1H3,(H2,16,18). The predicted octanol–water partition coefficient (Wildman–Crippen LogP) is 2.53. The Morgan fingerprint density at radius 2 is 2.25 bits per heavy atom. The summed E-state index contributed by atoms with van der Waals surface area (Å²) in [5.41, 5.74) is 6.54. The SMILES string of the molecule is COc1cc(C(N)=O)cc(Br)c1OCc1cccnc1. The van der Waals surface area contributed by atoms with E-state index >= 15 is 0 Å². The molecule has 0 aliphatic carbocycles. The van der Waals surface area contributed by atoms with Crippen molar-refractivity contribution >= 4 is 21.8 Å². The Labute approximate surface area is 124 Å². The summed E-state index contributed by atoms with van der Waals surface area (Å²) in [5.74, 6) is 0.432. The van der Waals surface area contributed by atoms with Crippen molar-refractivity contribution in [1.82, 2.24) is 4.98 Å². The van der Waals surface area contributed by atoms with Crippen LogP contribution in [0.15, 0.2) is 41.1 Å². The molecule has 2 aromatic rings. The Morgan fingerprint density at radius 1 is 1.45 bits per heavy atom. The average molecular weight is 337 g/mol. The third kappa shape index (κ3) is 3.27. The lowest BCUT2D eigenvalue weighted by Gasteiger charge is -2.13. The molecule has 1 amide bonds. The van der Waals surface area contributed by atoms with Crippen LogP contribution in [0.3, 0.4) is 0 Å². The highest BCUT2D eigenvalue weighted by atomic mass is 79.9. The summed E-state index contributed by atoms with van der Waals surface area (Å²) in [6.45, 7) is 0.346. The van der Waals surface area contributed by atoms with Crippen LogP contribution in [0.4, 0.5) is 0 Å².